The van der Waals surface area contributed by atoms with Crippen molar-refractivity contribution in [1.82, 2.24) is 10.3 Å². The summed E-state index contributed by atoms with van der Waals surface area (Å²) in [5.41, 5.74) is 1.81. The average Bonchev–Trinajstić information content (AvgIpc) is 3.40. The first-order chi connectivity index (χ1) is 14.4. The van der Waals surface area contributed by atoms with Crippen molar-refractivity contribution in [2.24, 2.45) is 0 Å². The molecule has 0 radical (unpaired) electrons. The molecular weight excluding hydrogens is 393 g/mol. The van der Waals surface area contributed by atoms with E-state index in [0.717, 1.165) is 30.9 Å². The van der Waals surface area contributed by atoms with Gasteiger partial charge >= 0.3 is 6.18 Å². The third kappa shape index (κ3) is 4.86. The Morgan fingerprint density at radius 2 is 1.77 bits per heavy atom. The fourth-order valence-corrected chi connectivity index (χ4v) is 4.13. The zero-order chi connectivity index (χ0) is 21.1. The van der Waals surface area contributed by atoms with Crippen LogP contribution >= 0.6 is 0 Å². The van der Waals surface area contributed by atoms with Crippen LogP contribution in [0.1, 0.15) is 30.4 Å². The van der Waals surface area contributed by atoms with E-state index in [2.05, 4.69) is 27.3 Å². The summed E-state index contributed by atoms with van der Waals surface area (Å²) in [6.07, 6.45) is 1.27. The van der Waals surface area contributed by atoms with Crippen molar-refractivity contribution >= 4 is 17.3 Å². The number of alkyl halides is 3. The SMILES string of the molecule is O=C(Cc1ccc(N2CCCC2)cc1)NC1CCN(c2cncc(C(F)(F)F)c2)C1. The number of nitrogens with zero attached hydrogens (tertiary/aromatic N) is 3. The molecule has 1 aromatic heterocycles. The van der Waals surface area contributed by atoms with Crippen LogP contribution in [0.5, 0.6) is 0 Å². The van der Waals surface area contributed by atoms with Crippen LogP contribution in [0.25, 0.3) is 0 Å². The smallest absolute Gasteiger partial charge is 0.372 e. The highest BCUT2D eigenvalue weighted by Crippen LogP contribution is 2.31. The first-order valence-corrected chi connectivity index (χ1v) is 10.3. The zero-order valence-electron chi connectivity index (χ0n) is 16.7. The fraction of sp³-hybridized carbons (Fsp3) is 0.455. The van der Waals surface area contributed by atoms with Crippen LogP contribution in [-0.4, -0.2) is 43.1 Å². The molecule has 1 amide bonds. The second kappa shape index (κ2) is 8.53. The van der Waals surface area contributed by atoms with Crippen LogP contribution in [-0.2, 0) is 17.4 Å². The quantitative estimate of drug-likeness (QED) is 0.806. The van der Waals surface area contributed by atoms with E-state index in [9.17, 15) is 18.0 Å². The average molecular weight is 418 g/mol. The number of benzene rings is 1. The first-order valence-electron chi connectivity index (χ1n) is 10.3. The Hall–Kier alpha value is -2.77. The Kier molecular flexibility index (Phi) is 5.83. The van der Waals surface area contributed by atoms with Crippen molar-refractivity contribution in [2.75, 3.05) is 36.0 Å². The summed E-state index contributed by atoms with van der Waals surface area (Å²) in [5, 5.41) is 3.01. The number of hydrogen-bond donors (Lipinski definition) is 1. The molecular formula is C22H25F3N4O. The van der Waals surface area contributed by atoms with E-state index in [1.54, 1.807) is 0 Å². The van der Waals surface area contributed by atoms with Gasteiger partial charge in [0.2, 0.25) is 5.91 Å². The maximum Gasteiger partial charge on any atom is 0.417 e. The van der Waals surface area contributed by atoms with Crippen LogP contribution in [0.4, 0.5) is 24.5 Å². The van der Waals surface area contributed by atoms with Gasteiger partial charge < -0.3 is 15.1 Å². The molecule has 8 heteroatoms. The standard InChI is InChI=1S/C22H25F3N4O/c23-22(24,25)17-12-20(14-26-13-17)29-10-7-18(15-29)27-21(30)11-16-3-5-19(6-4-16)28-8-1-2-9-28/h3-6,12-14,18H,1-2,7-11,15H2,(H,27,30). The van der Waals surface area contributed by atoms with Crippen LogP contribution in [0.15, 0.2) is 42.7 Å². The third-order valence-corrected chi connectivity index (χ3v) is 5.74. The van der Waals surface area contributed by atoms with E-state index in [1.165, 1.54) is 24.7 Å². The van der Waals surface area contributed by atoms with Gasteiger partial charge in [0, 0.05) is 44.1 Å². The van der Waals surface area contributed by atoms with Gasteiger partial charge in [0.05, 0.1) is 23.9 Å². The molecule has 30 heavy (non-hydrogen) atoms. The number of halogens is 3. The number of rotatable bonds is 5. The molecule has 0 saturated carbocycles. The fourth-order valence-electron chi connectivity index (χ4n) is 4.13. The predicted molar refractivity (Wildman–Crippen MR) is 110 cm³/mol. The molecule has 4 rings (SSSR count). The zero-order valence-corrected chi connectivity index (χ0v) is 16.7. The number of anilines is 2. The number of carbonyl (C=O) groups excluding carboxylic acids is 1. The van der Waals surface area contributed by atoms with E-state index >= 15 is 0 Å². The van der Waals surface area contributed by atoms with E-state index < -0.39 is 11.7 Å². The molecule has 1 atom stereocenters. The molecule has 2 saturated heterocycles. The summed E-state index contributed by atoms with van der Waals surface area (Å²) in [7, 11) is 0. The Labute approximate surface area is 173 Å². The van der Waals surface area contributed by atoms with Gasteiger partial charge in [-0.1, -0.05) is 12.1 Å². The van der Waals surface area contributed by atoms with Gasteiger partial charge in [-0.15, -0.1) is 0 Å². The summed E-state index contributed by atoms with van der Waals surface area (Å²) in [4.78, 5) is 20.3. The third-order valence-electron chi connectivity index (χ3n) is 5.74. The van der Waals surface area contributed by atoms with Crippen molar-refractivity contribution in [3.05, 3.63) is 53.9 Å². The number of nitrogens with one attached hydrogen (secondary N) is 1. The maximum atomic E-state index is 12.9. The Morgan fingerprint density at radius 3 is 2.47 bits per heavy atom. The highest BCUT2D eigenvalue weighted by Gasteiger charge is 2.32. The lowest BCUT2D eigenvalue weighted by Crippen LogP contribution is -2.38. The molecule has 2 aromatic rings. The van der Waals surface area contributed by atoms with Crippen molar-refractivity contribution in [3.8, 4) is 0 Å². The van der Waals surface area contributed by atoms with Crippen LogP contribution in [0, 0.1) is 0 Å². The highest BCUT2D eigenvalue weighted by molar-refractivity contribution is 5.79. The molecule has 1 unspecified atom stereocenters. The highest BCUT2D eigenvalue weighted by atomic mass is 19.4. The first kappa shape index (κ1) is 20.5. The normalized spacial score (nSPS) is 19.4. The van der Waals surface area contributed by atoms with Crippen LogP contribution in [0.2, 0.25) is 0 Å². The number of pyridine rings is 1. The van der Waals surface area contributed by atoms with Gasteiger partial charge in [0.1, 0.15) is 0 Å². The second-order valence-electron chi connectivity index (χ2n) is 7.97. The number of hydrogen-bond acceptors (Lipinski definition) is 4. The number of carbonyl (C=O) groups is 1. The Bertz CT molecular complexity index is 879. The molecule has 5 nitrogen and oxygen atoms in total. The molecule has 1 N–H and O–H groups in total. The van der Waals surface area contributed by atoms with Crippen molar-refractivity contribution in [3.63, 3.8) is 0 Å². The monoisotopic (exact) mass is 418 g/mol. The van der Waals surface area contributed by atoms with Gasteiger partial charge in [-0.3, -0.25) is 9.78 Å². The summed E-state index contributed by atoms with van der Waals surface area (Å²) in [5.74, 6) is -0.0714. The van der Waals surface area contributed by atoms with Gasteiger partial charge in [-0.05, 0) is 43.0 Å². The summed E-state index contributed by atoms with van der Waals surface area (Å²) < 4.78 is 38.7. The van der Waals surface area contributed by atoms with Gasteiger partial charge in [0.25, 0.3) is 0 Å². The molecule has 0 spiro atoms. The van der Waals surface area contributed by atoms with Gasteiger partial charge in [-0.25, -0.2) is 0 Å². The van der Waals surface area contributed by atoms with Crippen LogP contribution in [0.3, 0.4) is 0 Å². The van der Waals surface area contributed by atoms with Crippen molar-refractivity contribution < 1.29 is 18.0 Å². The molecule has 0 bridgehead atoms. The maximum absolute atomic E-state index is 12.9. The summed E-state index contributed by atoms with van der Waals surface area (Å²) >= 11 is 0. The largest absolute Gasteiger partial charge is 0.417 e. The minimum atomic E-state index is -4.42. The van der Waals surface area contributed by atoms with E-state index in [4.69, 9.17) is 0 Å². The predicted octanol–water partition coefficient (Wildman–Crippen LogP) is 3.64. The minimum absolute atomic E-state index is 0.0714. The lowest BCUT2D eigenvalue weighted by atomic mass is 10.1. The van der Waals surface area contributed by atoms with E-state index in [0.29, 0.717) is 31.6 Å². The van der Waals surface area contributed by atoms with E-state index in [-0.39, 0.29) is 11.9 Å². The summed E-state index contributed by atoms with van der Waals surface area (Å²) in [6.45, 7) is 3.22. The number of amides is 1. The molecule has 2 fully saturated rings. The van der Waals surface area contributed by atoms with Crippen LogP contribution < -0.4 is 15.1 Å². The molecule has 2 aliphatic rings. The van der Waals surface area contributed by atoms with E-state index in [1.807, 2.05) is 17.0 Å². The minimum Gasteiger partial charge on any atom is -0.372 e. The van der Waals surface area contributed by atoms with Crippen molar-refractivity contribution in [2.45, 2.75) is 37.9 Å². The second-order valence-corrected chi connectivity index (χ2v) is 7.97. The molecule has 1 aromatic carbocycles. The molecule has 0 aliphatic carbocycles. The number of aromatic nitrogens is 1. The lowest BCUT2D eigenvalue weighted by Gasteiger charge is -2.20. The molecule has 160 valence electrons. The Morgan fingerprint density at radius 1 is 1.03 bits per heavy atom. The summed E-state index contributed by atoms with van der Waals surface area (Å²) in [6, 6.07) is 9.12. The Balaban J connectivity index is 1.29. The molecule has 2 aliphatic heterocycles. The topological polar surface area (TPSA) is 48.5 Å². The van der Waals surface area contributed by atoms with Crippen molar-refractivity contribution in [1.29, 1.82) is 0 Å². The lowest BCUT2D eigenvalue weighted by molar-refractivity contribution is -0.137. The van der Waals surface area contributed by atoms with Gasteiger partial charge in [0.15, 0.2) is 0 Å². The van der Waals surface area contributed by atoms with Gasteiger partial charge in [-0.2, -0.15) is 13.2 Å². The molecule has 3 heterocycles.